The number of nitrogens with zero attached hydrogens (tertiary/aromatic N) is 1. The second kappa shape index (κ2) is 3.24. The summed E-state index contributed by atoms with van der Waals surface area (Å²) in [4.78, 5) is 9.05. The first kappa shape index (κ1) is 10.4. The van der Waals surface area contributed by atoms with Gasteiger partial charge in [-0.05, 0) is 12.1 Å². The van der Waals surface area contributed by atoms with Crippen molar-refractivity contribution >= 4 is 21.4 Å². The van der Waals surface area contributed by atoms with E-state index in [2.05, 4.69) is 0 Å². The van der Waals surface area contributed by atoms with Gasteiger partial charge in [0.2, 0.25) is 10.0 Å². The molecular formula is C6H7N3O4S. The summed E-state index contributed by atoms with van der Waals surface area (Å²) in [7, 11) is -4.09. The van der Waals surface area contributed by atoms with Crippen molar-refractivity contribution < 1.29 is 13.3 Å². The molecule has 0 heterocycles. The molecule has 0 atom stereocenters. The van der Waals surface area contributed by atoms with Gasteiger partial charge in [-0.25, -0.2) is 13.6 Å². The van der Waals surface area contributed by atoms with Gasteiger partial charge in [0.05, 0.1) is 4.92 Å². The maximum Gasteiger partial charge on any atom is 0.291 e. The summed E-state index contributed by atoms with van der Waals surface area (Å²) in [6, 6.07) is 3.18. The number of nitro groups is 1. The van der Waals surface area contributed by atoms with Crippen molar-refractivity contribution in [1.82, 2.24) is 0 Å². The average molecular weight is 217 g/mol. The highest BCUT2D eigenvalue weighted by atomic mass is 32.2. The van der Waals surface area contributed by atoms with Gasteiger partial charge < -0.3 is 5.73 Å². The Morgan fingerprint density at radius 2 is 1.93 bits per heavy atom. The number of hydrogen-bond acceptors (Lipinski definition) is 5. The highest BCUT2D eigenvalue weighted by molar-refractivity contribution is 7.89. The van der Waals surface area contributed by atoms with Gasteiger partial charge >= 0.3 is 0 Å². The molecule has 8 heteroatoms. The van der Waals surface area contributed by atoms with Crippen molar-refractivity contribution in [3.8, 4) is 0 Å². The Morgan fingerprint density at radius 1 is 1.36 bits per heavy atom. The summed E-state index contributed by atoms with van der Waals surface area (Å²) in [5, 5.41) is 15.2. The molecule has 14 heavy (non-hydrogen) atoms. The first-order valence-electron chi connectivity index (χ1n) is 3.39. The third-order valence-electron chi connectivity index (χ3n) is 1.49. The average Bonchev–Trinajstić information content (AvgIpc) is 2.01. The van der Waals surface area contributed by atoms with E-state index in [4.69, 9.17) is 10.9 Å². The molecule has 1 rings (SSSR count). The highest BCUT2D eigenvalue weighted by Gasteiger charge is 2.22. The van der Waals surface area contributed by atoms with Gasteiger partial charge in [-0.1, -0.05) is 0 Å². The van der Waals surface area contributed by atoms with Crippen LogP contribution >= 0.6 is 0 Å². The minimum Gasteiger partial charge on any atom is -0.399 e. The Morgan fingerprint density at radius 3 is 2.36 bits per heavy atom. The number of nitrogens with two attached hydrogens (primary N) is 2. The number of nitro benzene ring substituents is 1. The Bertz CT molecular complexity index is 482. The summed E-state index contributed by atoms with van der Waals surface area (Å²) in [6.07, 6.45) is 0. The molecule has 1 aromatic rings. The van der Waals surface area contributed by atoms with E-state index in [-0.39, 0.29) is 5.69 Å². The summed E-state index contributed by atoms with van der Waals surface area (Å²) < 4.78 is 21.8. The van der Waals surface area contributed by atoms with Crippen LogP contribution < -0.4 is 10.9 Å². The number of hydrogen-bond donors (Lipinski definition) is 2. The van der Waals surface area contributed by atoms with Gasteiger partial charge in [-0.2, -0.15) is 0 Å². The molecule has 0 unspecified atom stereocenters. The molecule has 0 aliphatic carbocycles. The Kier molecular flexibility index (Phi) is 2.41. The van der Waals surface area contributed by atoms with Crippen LogP contribution in [0.3, 0.4) is 0 Å². The number of rotatable bonds is 2. The molecule has 0 aliphatic heterocycles. The predicted octanol–water partition coefficient (Wildman–Crippen LogP) is -0.176. The minimum atomic E-state index is -4.09. The second-order valence-corrected chi connectivity index (χ2v) is 4.06. The van der Waals surface area contributed by atoms with Crippen LogP contribution in [-0.4, -0.2) is 13.3 Å². The summed E-state index contributed by atoms with van der Waals surface area (Å²) in [6.45, 7) is 0. The molecule has 7 nitrogen and oxygen atoms in total. The summed E-state index contributed by atoms with van der Waals surface area (Å²) >= 11 is 0. The van der Waals surface area contributed by atoms with E-state index in [1.807, 2.05) is 0 Å². The lowest BCUT2D eigenvalue weighted by molar-refractivity contribution is -0.387. The number of nitrogen functional groups attached to an aromatic ring is 1. The van der Waals surface area contributed by atoms with Crippen molar-refractivity contribution in [3.63, 3.8) is 0 Å². The SMILES string of the molecule is Nc1ccc(S(N)(=O)=O)c([N+](=O)[O-])c1. The lowest BCUT2D eigenvalue weighted by Gasteiger charge is -2.00. The molecule has 0 aromatic heterocycles. The fourth-order valence-electron chi connectivity index (χ4n) is 0.918. The van der Waals surface area contributed by atoms with Crippen molar-refractivity contribution in [2.24, 2.45) is 5.14 Å². The van der Waals surface area contributed by atoms with Crippen molar-refractivity contribution in [2.45, 2.75) is 4.90 Å². The number of anilines is 1. The molecule has 0 amide bonds. The third-order valence-corrected chi connectivity index (χ3v) is 2.44. The molecule has 0 bridgehead atoms. The monoisotopic (exact) mass is 217 g/mol. The van der Waals surface area contributed by atoms with E-state index in [1.165, 1.54) is 6.07 Å². The fraction of sp³-hybridized carbons (Fsp3) is 0. The quantitative estimate of drug-likeness (QED) is 0.403. The van der Waals surface area contributed by atoms with Gasteiger partial charge in [0, 0.05) is 11.8 Å². The lowest BCUT2D eigenvalue weighted by Crippen LogP contribution is -2.14. The van der Waals surface area contributed by atoms with E-state index in [0.717, 1.165) is 12.1 Å². The van der Waals surface area contributed by atoms with Gasteiger partial charge in [0.25, 0.3) is 5.69 Å². The van der Waals surface area contributed by atoms with E-state index in [9.17, 15) is 18.5 Å². The number of benzene rings is 1. The van der Waals surface area contributed by atoms with Crippen molar-refractivity contribution in [3.05, 3.63) is 28.3 Å². The smallest absolute Gasteiger partial charge is 0.291 e. The standard InChI is InChI=1S/C6H7N3O4S/c7-4-1-2-6(14(8,12)13)5(3-4)9(10)11/h1-3H,7H2,(H2,8,12,13). The zero-order valence-electron chi connectivity index (χ0n) is 6.88. The number of primary sulfonamides is 1. The lowest BCUT2D eigenvalue weighted by atomic mass is 10.3. The molecule has 0 radical (unpaired) electrons. The predicted molar refractivity (Wildman–Crippen MR) is 48.9 cm³/mol. The maximum atomic E-state index is 10.9. The molecule has 4 N–H and O–H groups in total. The Labute approximate surface area is 79.5 Å². The molecule has 0 saturated heterocycles. The van der Waals surface area contributed by atoms with Crippen LogP contribution in [0.2, 0.25) is 0 Å². The molecule has 0 saturated carbocycles. The van der Waals surface area contributed by atoms with Gasteiger partial charge in [-0.3, -0.25) is 10.1 Å². The van der Waals surface area contributed by atoms with Gasteiger partial charge in [0.15, 0.2) is 4.90 Å². The third kappa shape index (κ3) is 1.98. The first-order chi connectivity index (χ1) is 6.32. The molecule has 76 valence electrons. The largest absolute Gasteiger partial charge is 0.399 e. The Balaban J connectivity index is 3.53. The molecule has 0 fully saturated rings. The van der Waals surface area contributed by atoms with Crippen LogP contribution in [0.25, 0.3) is 0 Å². The van der Waals surface area contributed by atoms with Crippen LogP contribution in [0.5, 0.6) is 0 Å². The van der Waals surface area contributed by atoms with Crippen molar-refractivity contribution in [1.29, 1.82) is 0 Å². The van der Waals surface area contributed by atoms with E-state index >= 15 is 0 Å². The van der Waals surface area contributed by atoms with Crippen molar-refractivity contribution in [2.75, 3.05) is 5.73 Å². The zero-order valence-corrected chi connectivity index (χ0v) is 7.69. The zero-order chi connectivity index (χ0) is 10.9. The van der Waals surface area contributed by atoms with Crippen LogP contribution in [0.4, 0.5) is 11.4 Å². The summed E-state index contributed by atoms with van der Waals surface area (Å²) in [5.74, 6) is 0. The molecule has 0 spiro atoms. The Hall–Kier alpha value is -1.67. The molecular weight excluding hydrogens is 210 g/mol. The van der Waals surface area contributed by atoms with Gasteiger partial charge in [0.1, 0.15) is 0 Å². The van der Waals surface area contributed by atoms with Crippen LogP contribution in [-0.2, 0) is 10.0 Å². The van der Waals surface area contributed by atoms with E-state index in [0.29, 0.717) is 0 Å². The minimum absolute atomic E-state index is 0.101. The first-order valence-corrected chi connectivity index (χ1v) is 4.93. The fourth-order valence-corrected chi connectivity index (χ4v) is 1.60. The van der Waals surface area contributed by atoms with E-state index in [1.54, 1.807) is 0 Å². The highest BCUT2D eigenvalue weighted by Crippen LogP contribution is 2.24. The van der Waals surface area contributed by atoms with Crippen LogP contribution in [0, 0.1) is 10.1 Å². The summed E-state index contributed by atoms with van der Waals surface area (Å²) in [5.41, 5.74) is 4.75. The topological polar surface area (TPSA) is 129 Å². The van der Waals surface area contributed by atoms with Crippen LogP contribution in [0.15, 0.2) is 23.1 Å². The molecule has 1 aromatic carbocycles. The normalized spacial score (nSPS) is 11.2. The van der Waals surface area contributed by atoms with Gasteiger partial charge in [-0.15, -0.1) is 0 Å². The second-order valence-electron chi connectivity index (χ2n) is 2.53. The number of sulfonamides is 1. The molecule has 0 aliphatic rings. The van der Waals surface area contributed by atoms with Crippen LogP contribution in [0.1, 0.15) is 0 Å². The van der Waals surface area contributed by atoms with E-state index < -0.39 is 25.5 Å². The maximum absolute atomic E-state index is 10.9.